The number of carbonyl (C=O) groups excluding carboxylic acids is 1. The molecule has 2 atom stereocenters. The van der Waals surface area contributed by atoms with E-state index in [9.17, 15) is 4.79 Å². The van der Waals surface area contributed by atoms with Gasteiger partial charge in [-0.15, -0.1) is 0 Å². The van der Waals surface area contributed by atoms with Crippen molar-refractivity contribution in [2.24, 2.45) is 5.41 Å². The summed E-state index contributed by atoms with van der Waals surface area (Å²) in [5.74, 6) is 0. The molecule has 134 valence electrons. The number of rotatable bonds is 2. The van der Waals surface area contributed by atoms with Gasteiger partial charge in [0.15, 0.2) is 0 Å². The number of nitrogens with zero attached hydrogens (tertiary/aromatic N) is 1. The number of carbonyl (C=O) groups is 1. The number of piperidine rings is 1. The van der Waals surface area contributed by atoms with Crippen LogP contribution in [-0.4, -0.2) is 41.3 Å². The first-order valence-electron chi connectivity index (χ1n) is 9.31. The Morgan fingerprint density at radius 1 is 1.13 bits per heavy atom. The minimum Gasteiger partial charge on any atom is -0.444 e. The summed E-state index contributed by atoms with van der Waals surface area (Å²) in [6.07, 6.45) is 7.10. The van der Waals surface area contributed by atoms with Crippen LogP contribution >= 0.6 is 0 Å². The Balaban J connectivity index is 1.79. The molecule has 1 heterocycles. The molecule has 0 bridgehead atoms. The lowest BCUT2D eigenvalue weighted by atomic mass is 9.75. The second kappa shape index (κ2) is 7.00. The average molecular weight is 325 g/mol. The average Bonchev–Trinajstić information content (AvgIpc) is 2.39. The van der Waals surface area contributed by atoms with E-state index in [-0.39, 0.29) is 12.1 Å². The maximum Gasteiger partial charge on any atom is 0.410 e. The molecule has 1 N–H and O–H groups in total. The Labute approximate surface area is 142 Å². The lowest BCUT2D eigenvalue weighted by Gasteiger charge is -2.41. The molecule has 1 saturated heterocycles. The van der Waals surface area contributed by atoms with Crippen molar-refractivity contribution in [1.82, 2.24) is 10.2 Å². The Hall–Kier alpha value is -0.770. The summed E-state index contributed by atoms with van der Waals surface area (Å²) in [5.41, 5.74) is 0.104. The molecule has 0 aromatic carbocycles. The molecule has 1 saturated carbocycles. The Morgan fingerprint density at radius 3 is 2.26 bits per heavy atom. The van der Waals surface area contributed by atoms with E-state index in [1.54, 1.807) is 0 Å². The summed E-state index contributed by atoms with van der Waals surface area (Å²) in [4.78, 5) is 14.2. The van der Waals surface area contributed by atoms with Gasteiger partial charge in [-0.05, 0) is 71.6 Å². The Kier molecular flexibility index (Phi) is 5.65. The normalized spacial score (nSPS) is 29.4. The second-order valence-electron chi connectivity index (χ2n) is 9.35. The standard InChI is InChI=1S/C19H36N2O2/c1-14-13-16(20-15-7-10-19(5,6)11-8-15)9-12-21(14)17(22)23-18(2,3)4/h14-16,20H,7-13H2,1-6H3. The van der Waals surface area contributed by atoms with Crippen molar-refractivity contribution in [1.29, 1.82) is 0 Å². The van der Waals surface area contributed by atoms with Gasteiger partial charge in [-0.25, -0.2) is 4.79 Å². The van der Waals surface area contributed by atoms with E-state index in [2.05, 4.69) is 26.1 Å². The van der Waals surface area contributed by atoms with Gasteiger partial charge in [0.25, 0.3) is 0 Å². The molecule has 1 aliphatic carbocycles. The number of ether oxygens (including phenoxy) is 1. The van der Waals surface area contributed by atoms with Crippen LogP contribution in [0.4, 0.5) is 4.79 Å². The third kappa shape index (κ3) is 5.66. The van der Waals surface area contributed by atoms with Crippen molar-refractivity contribution < 1.29 is 9.53 Å². The van der Waals surface area contributed by atoms with Gasteiger partial charge >= 0.3 is 6.09 Å². The Morgan fingerprint density at radius 2 is 1.74 bits per heavy atom. The van der Waals surface area contributed by atoms with Gasteiger partial charge in [-0.3, -0.25) is 0 Å². The summed E-state index contributed by atoms with van der Waals surface area (Å²) < 4.78 is 5.52. The minimum atomic E-state index is -0.416. The molecule has 1 amide bonds. The quantitative estimate of drug-likeness (QED) is 0.822. The van der Waals surface area contributed by atoms with Crippen LogP contribution in [0.25, 0.3) is 0 Å². The van der Waals surface area contributed by atoms with Crippen molar-refractivity contribution in [2.45, 2.75) is 104 Å². The van der Waals surface area contributed by atoms with Crippen LogP contribution in [0.1, 0.15) is 80.1 Å². The lowest BCUT2D eigenvalue weighted by molar-refractivity contribution is 0.00856. The third-order valence-corrected chi connectivity index (χ3v) is 5.31. The molecule has 1 aliphatic heterocycles. The van der Waals surface area contributed by atoms with E-state index in [4.69, 9.17) is 4.74 Å². The maximum atomic E-state index is 12.3. The van der Waals surface area contributed by atoms with E-state index in [0.717, 1.165) is 19.4 Å². The van der Waals surface area contributed by atoms with Crippen LogP contribution in [0.5, 0.6) is 0 Å². The lowest BCUT2D eigenvalue weighted by Crippen LogP contribution is -2.53. The number of likely N-dealkylation sites (tertiary alicyclic amines) is 1. The topological polar surface area (TPSA) is 41.6 Å². The summed E-state index contributed by atoms with van der Waals surface area (Å²) >= 11 is 0. The smallest absolute Gasteiger partial charge is 0.410 e. The van der Waals surface area contributed by atoms with Crippen molar-refractivity contribution in [2.75, 3.05) is 6.54 Å². The fourth-order valence-corrected chi connectivity index (χ4v) is 3.81. The molecule has 23 heavy (non-hydrogen) atoms. The molecular formula is C19H36N2O2. The molecule has 0 aromatic heterocycles. The van der Waals surface area contributed by atoms with Gasteiger partial charge in [0.05, 0.1) is 0 Å². The van der Waals surface area contributed by atoms with E-state index in [1.165, 1.54) is 25.7 Å². The van der Waals surface area contributed by atoms with Gasteiger partial charge in [-0.2, -0.15) is 0 Å². The van der Waals surface area contributed by atoms with Gasteiger partial charge < -0.3 is 15.0 Å². The van der Waals surface area contributed by atoms with Gasteiger partial charge in [0.2, 0.25) is 0 Å². The van der Waals surface area contributed by atoms with Gasteiger partial charge in [0, 0.05) is 24.7 Å². The van der Waals surface area contributed by atoms with Crippen LogP contribution in [-0.2, 0) is 4.74 Å². The monoisotopic (exact) mass is 324 g/mol. The zero-order chi connectivity index (χ0) is 17.3. The fraction of sp³-hybridized carbons (Fsp3) is 0.947. The zero-order valence-corrected chi connectivity index (χ0v) is 15.9. The minimum absolute atomic E-state index is 0.164. The van der Waals surface area contributed by atoms with E-state index in [1.807, 2.05) is 25.7 Å². The summed E-state index contributed by atoms with van der Waals surface area (Å²) in [6.45, 7) is 13.5. The number of hydrogen-bond donors (Lipinski definition) is 1. The second-order valence-corrected chi connectivity index (χ2v) is 9.35. The molecule has 2 rings (SSSR count). The summed E-state index contributed by atoms with van der Waals surface area (Å²) in [5, 5.41) is 3.85. The highest BCUT2D eigenvalue weighted by molar-refractivity contribution is 5.68. The molecular weight excluding hydrogens is 288 g/mol. The first-order valence-corrected chi connectivity index (χ1v) is 9.31. The van der Waals surface area contributed by atoms with Crippen LogP contribution in [0.15, 0.2) is 0 Å². The molecule has 0 spiro atoms. The fourth-order valence-electron chi connectivity index (χ4n) is 3.81. The highest BCUT2D eigenvalue weighted by Gasteiger charge is 2.34. The van der Waals surface area contributed by atoms with Crippen molar-refractivity contribution >= 4 is 6.09 Å². The zero-order valence-electron chi connectivity index (χ0n) is 15.9. The van der Waals surface area contributed by atoms with E-state index >= 15 is 0 Å². The molecule has 0 radical (unpaired) electrons. The summed E-state index contributed by atoms with van der Waals surface area (Å²) in [6, 6.07) is 1.44. The summed E-state index contributed by atoms with van der Waals surface area (Å²) in [7, 11) is 0. The van der Waals surface area contributed by atoms with Crippen LogP contribution < -0.4 is 5.32 Å². The number of hydrogen-bond acceptors (Lipinski definition) is 3. The SMILES string of the molecule is CC1CC(NC2CCC(C)(C)CC2)CCN1C(=O)OC(C)(C)C. The maximum absolute atomic E-state index is 12.3. The van der Waals surface area contributed by atoms with Crippen molar-refractivity contribution in [3.8, 4) is 0 Å². The molecule has 2 aliphatic rings. The highest BCUT2D eigenvalue weighted by Crippen LogP contribution is 2.35. The molecule has 2 fully saturated rings. The number of amides is 1. The first kappa shape index (κ1) is 18.6. The molecule has 0 aromatic rings. The third-order valence-electron chi connectivity index (χ3n) is 5.31. The first-order chi connectivity index (χ1) is 10.6. The Bertz CT molecular complexity index is 404. The van der Waals surface area contributed by atoms with E-state index in [0.29, 0.717) is 17.5 Å². The number of nitrogens with one attached hydrogen (secondary N) is 1. The predicted octanol–water partition coefficient (Wildman–Crippen LogP) is 4.33. The molecule has 4 heteroatoms. The predicted molar refractivity (Wildman–Crippen MR) is 94.6 cm³/mol. The molecule has 4 nitrogen and oxygen atoms in total. The van der Waals surface area contributed by atoms with Gasteiger partial charge in [0.1, 0.15) is 5.60 Å². The van der Waals surface area contributed by atoms with E-state index < -0.39 is 5.60 Å². The van der Waals surface area contributed by atoms with Crippen LogP contribution in [0.3, 0.4) is 0 Å². The molecule has 2 unspecified atom stereocenters. The van der Waals surface area contributed by atoms with Crippen molar-refractivity contribution in [3.63, 3.8) is 0 Å². The van der Waals surface area contributed by atoms with Crippen LogP contribution in [0, 0.1) is 5.41 Å². The highest BCUT2D eigenvalue weighted by atomic mass is 16.6. The van der Waals surface area contributed by atoms with Crippen LogP contribution in [0.2, 0.25) is 0 Å². The largest absolute Gasteiger partial charge is 0.444 e. The van der Waals surface area contributed by atoms with Gasteiger partial charge in [-0.1, -0.05) is 13.8 Å². The van der Waals surface area contributed by atoms with Crippen molar-refractivity contribution in [3.05, 3.63) is 0 Å².